The van der Waals surface area contributed by atoms with E-state index in [1.54, 1.807) is 18.2 Å². The molecule has 1 unspecified atom stereocenters. The average Bonchev–Trinajstić information content (AvgIpc) is 2.75. The van der Waals surface area contributed by atoms with E-state index < -0.39 is 21.8 Å². The third-order valence-electron chi connectivity index (χ3n) is 5.08. The lowest BCUT2D eigenvalue weighted by Gasteiger charge is -2.31. The number of hydrogen-bond acceptors (Lipinski definition) is 5. The Morgan fingerprint density at radius 2 is 1.90 bits per heavy atom. The molecule has 1 aliphatic heterocycles. The summed E-state index contributed by atoms with van der Waals surface area (Å²) in [6, 6.07) is 10.4. The summed E-state index contributed by atoms with van der Waals surface area (Å²) in [5, 5.41) is 2.83. The maximum absolute atomic E-state index is 13.1. The van der Waals surface area contributed by atoms with E-state index in [-0.39, 0.29) is 18.2 Å². The maximum Gasteiger partial charge on any atom is 0.228 e. The van der Waals surface area contributed by atoms with Gasteiger partial charge in [-0.3, -0.25) is 4.79 Å². The molecule has 0 saturated carbocycles. The number of methoxy groups -OCH3 is 2. The van der Waals surface area contributed by atoms with Gasteiger partial charge in [0.1, 0.15) is 17.3 Å². The number of amides is 1. The number of anilines is 1. The van der Waals surface area contributed by atoms with Crippen LogP contribution in [-0.4, -0.2) is 45.9 Å². The Labute approximate surface area is 175 Å². The molecule has 1 atom stereocenters. The van der Waals surface area contributed by atoms with E-state index in [1.807, 2.05) is 0 Å². The minimum atomic E-state index is -3.62. The van der Waals surface area contributed by atoms with Crippen LogP contribution >= 0.6 is 0 Å². The van der Waals surface area contributed by atoms with Crippen molar-refractivity contribution in [1.29, 1.82) is 0 Å². The molecule has 1 fully saturated rings. The van der Waals surface area contributed by atoms with Crippen molar-refractivity contribution in [2.24, 2.45) is 5.92 Å². The first-order valence-electron chi connectivity index (χ1n) is 9.57. The number of nitrogens with one attached hydrogen (secondary N) is 1. The Morgan fingerprint density at radius 3 is 2.57 bits per heavy atom. The van der Waals surface area contributed by atoms with E-state index in [4.69, 9.17) is 9.47 Å². The van der Waals surface area contributed by atoms with Gasteiger partial charge >= 0.3 is 0 Å². The van der Waals surface area contributed by atoms with E-state index in [0.717, 1.165) is 0 Å². The van der Waals surface area contributed by atoms with Crippen molar-refractivity contribution in [2.45, 2.75) is 18.6 Å². The summed E-state index contributed by atoms with van der Waals surface area (Å²) in [6.45, 7) is 0.465. The van der Waals surface area contributed by atoms with Crippen molar-refractivity contribution in [3.63, 3.8) is 0 Å². The van der Waals surface area contributed by atoms with Crippen LogP contribution in [0.1, 0.15) is 18.4 Å². The second kappa shape index (κ2) is 9.44. The largest absolute Gasteiger partial charge is 0.497 e. The van der Waals surface area contributed by atoms with Gasteiger partial charge in [-0.25, -0.2) is 17.1 Å². The zero-order chi connectivity index (χ0) is 21.7. The normalized spacial score (nSPS) is 17.4. The molecule has 1 aliphatic rings. The van der Waals surface area contributed by atoms with E-state index >= 15 is 0 Å². The number of piperidine rings is 1. The molecule has 3 rings (SSSR count). The van der Waals surface area contributed by atoms with Crippen molar-refractivity contribution in [3.8, 4) is 11.5 Å². The van der Waals surface area contributed by atoms with Crippen molar-refractivity contribution in [1.82, 2.24) is 4.31 Å². The molecule has 0 aliphatic carbocycles. The number of halogens is 1. The molecular formula is C21H25FN2O5S. The Hall–Kier alpha value is -2.65. The SMILES string of the molecule is COc1ccc(NC(=O)C2CCCN(S(=O)(=O)Cc3ccc(F)cc3)C2)c(OC)c1. The summed E-state index contributed by atoms with van der Waals surface area (Å²) in [5.41, 5.74) is 1.00. The monoisotopic (exact) mass is 436 g/mol. The number of nitrogens with zero attached hydrogens (tertiary/aromatic N) is 1. The quantitative estimate of drug-likeness (QED) is 0.721. The van der Waals surface area contributed by atoms with Gasteiger partial charge in [0.05, 0.1) is 31.6 Å². The molecule has 0 aromatic heterocycles. The van der Waals surface area contributed by atoms with Crippen LogP contribution in [0.5, 0.6) is 11.5 Å². The zero-order valence-electron chi connectivity index (χ0n) is 16.9. The van der Waals surface area contributed by atoms with Crippen LogP contribution < -0.4 is 14.8 Å². The van der Waals surface area contributed by atoms with E-state index in [1.165, 1.54) is 42.8 Å². The fourth-order valence-corrected chi connectivity index (χ4v) is 5.04. The lowest BCUT2D eigenvalue weighted by molar-refractivity contribution is -0.120. The van der Waals surface area contributed by atoms with Gasteiger partial charge in [0.2, 0.25) is 15.9 Å². The molecule has 0 spiro atoms. The number of rotatable bonds is 7. The first-order chi connectivity index (χ1) is 14.3. The molecule has 1 heterocycles. The molecule has 2 aromatic rings. The molecule has 162 valence electrons. The predicted molar refractivity (Wildman–Crippen MR) is 111 cm³/mol. The van der Waals surface area contributed by atoms with Crippen molar-refractivity contribution >= 4 is 21.6 Å². The fourth-order valence-electron chi connectivity index (χ4n) is 3.43. The zero-order valence-corrected chi connectivity index (χ0v) is 17.7. The van der Waals surface area contributed by atoms with Gasteiger partial charge in [-0.15, -0.1) is 0 Å². The Bertz CT molecular complexity index is 995. The highest BCUT2D eigenvalue weighted by molar-refractivity contribution is 7.88. The van der Waals surface area contributed by atoms with E-state index in [0.29, 0.717) is 42.1 Å². The molecule has 1 saturated heterocycles. The molecule has 9 heteroatoms. The molecule has 1 N–H and O–H groups in total. The van der Waals surface area contributed by atoms with Gasteiger partial charge in [-0.2, -0.15) is 0 Å². The minimum Gasteiger partial charge on any atom is -0.497 e. The van der Waals surface area contributed by atoms with Crippen molar-refractivity contribution < 1.29 is 27.1 Å². The second-order valence-electron chi connectivity index (χ2n) is 7.14. The molecule has 1 amide bonds. The Kier molecular flexibility index (Phi) is 6.94. The smallest absolute Gasteiger partial charge is 0.228 e. The van der Waals surface area contributed by atoms with E-state index in [2.05, 4.69) is 5.32 Å². The Morgan fingerprint density at radius 1 is 1.17 bits per heavy atom. The first kappa shape index (κ1) is 22.0. The van der Waals surface area contributed by atoms with Crippen molar-refractivity contribution in [2.75, 3.05) is 32.6 Å². The maximum atomic E-state index is 13.1. The summed E-state index contributed by atoms with van der Waals surface area (Å²) in [5.74, 6) is -0.332. The predicted octanol–water partition coefficient (Wildman–Crippen LogP) is 3.02. The number of carbonyl (C=O) groups is 1. The summed E-state index contributed by atoms with van der Waals surface area (Å²) in [7, 11) is -0.588. The minimum absolute atomic E-state index is 0.105. The summed E-state index contributed by atoms with van der Waals surface area (Å²) >= 11 is 0. The summed E-state index contributed by atoms with van der Waals surface area (Å²) in [4.78, 5) is 12.8. The van der Waals surface area contributed by atoms with Crippen LogP contribution in [-0.2, 0) is 20.6 Å². The summed E-state index contributed by atoms with van der Waals surface area (Å²) < 4.78 is 50.5. The van der Waals surface area contributed by atoms with Crippen LogP contribution in [0.3, 0.4) is 0 Å². The van der Waals surface area contributed by atoms with Gasteiger partial charge in [-0.05, 0) is 42.7 Å². The van der Waals surface area contributed by atoms with Crippen LogP contribution in [0.25, 0.3) is 0 Å². The number of sulfonamides is 1. The summed E-state index contributed by atoms with van der Waals surface area (Å²) in [6.07, 6.45) is 1.17. The molecule has 2 aromatic carbocycles. The highest BCUT2D eigenvalue weighted by Crippen LogP contribution is 2.30. The third-order valence-corrected chi connectivity index (χ3v) is 6.89. The van der Waals surface area contributed by atoms with Crippen LogP contribution in [0.2, 0.25) is 0 Å². The standard InChI is InChI=1S/C21H25FN2O5S/c1-28-18-9-10-19(20(12-18)29-2)23-21(25)16-4-3-11-24(13-16)30(26,27)14-15-5-7-17(22)8-6-15/h5-10,12,16H,3-4,11,13-14H2,1-2H3,(H,23,25). The highest BCUT2D eigenvalue weighted by atomic mass is 32.2. The molecule has 0 bridgehead atoms. The molecule has 30 heavy (non-hydrogen) atoms. The topological polar surface area (TPSA) is 84.9 Å². The highest BCUT2D eigenvalue weighted by Gasteiger charge is 2.32. The van der Waals surface area contributed by atoms with Crippen LogP contribution in [0, 0.1) is 11.7 Å². The van der Waals surface area contributed by atoms with Gasteiger partial charge in [0.15, 0.2) is 0 Å². The lowest BCUT2D eigenvalue weighted by atomic mass is 9.98. The van der Waals surface area contributed by atoms with Crippen LogP contribution in [0.15, 0.2) is 42.5 Å². The van der Waals surface area contributed by atoms with Crippen molar-refractivity contribution in [3.05, 3.63) is 53.8 Å². The number of carbonyl (C=O) groups excluding carboxylic acids is 1. The average molecular weight is 437 g/mol. The van der Waals surface area contributed by atoms with E-state index in [9.17, 15) is 17.6 Å². The Balaban J connectivity index is 1.68. The van der Waals surface area contributed by atoms with Gasteiger partial charge in [-0.1, -0.05) is 12.1 Å². The number of benzene rings is 2. The lowest BCUT2D eigenvalue weighted by Crippen LogP contribution is -2.44. The first-order valence-corrected chi connectivity index (χ1v) is 11.2. The van der Waals surface area contributed by atoms with Gasteiger partial charge in [0.25, 0.3) is 0 Å². The fraction of sp³-hybridized carbons (Fsp3) is 0.381. The molecule has 0 radical (unpaired) electrons. The molecule has 7 nitrogen and oxygen atoms in total. The van der Waals surface area contributed by atoms with Gasteiger partial charge in [0, 0.05) is 19.2 Å². The van der Waals surface area contributed by atoms with Crippen LogP contribution in [0.4, 0.5) is 10.1 Å². The number of ether oxygens (including phenoxy) is 2. The van der Waals surface area contributed by atoms with Gasteiger partial charge < -0.3 is 14.8 Å². The molecular weight excluding hydrogens is 411 g/mol. The third kappa shape index (κ3) is 5.28. The second-order valence-corrected chi connectivity index (χ2v) is 9.10. The number of hydrogen-bond donors (Lipinski definition) is 1.